The second-order valence-electron chi connectivity index (χ2n) is 1.25. The summed E-state index contributed by atoms with van der Waals surface area (Å²) in [5, 5.41) is 2.51. The Balaban J connectivity index is 2.57. The first-order valence-electron chi connectivity index (χ1n) is 2.10. The van der Waals surface area contributed by atoms with Crippen LogP contribution in [-0.4, -0.2) is 15.6 Å². The third-order valence-corrected chi connectivity index (χ3v) is 1.13. The van der Waals surface area contributed by atoms with Gasteiger partial charge in [0, 0.05) is 11.8 Å². The Morgan fingerprint density at radius 1 is 1.50 bits per heavy atom. The molecule has 0 spiro atoms. The van der Waals surface area contributed by atoms with E-state index in [0.717, 1.165) is 6.33 Å². The van der Waals surface area contributed by atoms with Crippen LogP contribution in [0.3, 0.4) is 0 Å². The van der Waals surface area contributed by atoms with Crippen molar-refractivity contribution in [3.05, 3.63) is 6.33 Å². The highest BCUT2D eigenvalue weighted by Crippen LogP contribution is 2.34. The molecule has 3 nitrogen and oxygen atoms in total. The molecule has 1 heterocycles. The summed E-state index contributed by atoms with van der Waals surface area (Å²) in [4.78, 5) is 3.17. The van der Waals surface area contributed by atoms with E-state index in [9.17, 15) is 13.2 Å². The Morgan fingerprint density at radius 3 is 2.60 bits per heavy atom. The summed E-state index contributed by atoms with van der Waals surface area (Å²) < 4.78 is 38.5. The molecule has 10 heavy (non-hydrogen) atoms. The summed E-state index contributed by atoms with van der Waals surface area (Å²) in [5.41, 5.74) is -4.35. The van der Waals surface area contributed by atoms with E-state index in [1.807, 2.05) is 0 Å². The summed E-state index contributed by atoms with van der Waals surface area (Å²) >= 11 is -0.433. The maximum absolute atomic E-state index is 11.5. The lowest BCUT2D eigenvalue weighted by molar-refractivity contribution is -0.0339. The molecule has 1 aromatic heterocycles. The van der Waals surface area contributed by atoms with Gasteiger partial charge in [-0.3, -0.25) is 0 Å². The number of alkyl halides is 3. The highest BCUT2D eigenvalue weighted by atomic mass is 32.2. The lowest BCUT2D eigenvalue weighted by Crippen LogP contribution is -1.98. The van der Waals surface area contributed by atoms with Gasteiger partial charge in [-0.15, -0.1) is 0 Å². The molecule has 0 saturated carbocycles. The summed E-state index contributed by atoms with van der Waals surface area (Å²) in [6.45, 7) is 0. The normalized spacial score (nSPS) is 11.9. The van der Waals surface area contributed by atoms with E-state index >= 15 is 0 Å². The van der Waals surface area contributed by atoms with E-state index in [0.29, 0.717) is 0 Å². The van der Waals surface area contributed by atoms with Gasteiger partial charge in [0.1, 0.15) is 0 Å². The largest absolute Gasteiger partial charge is 0.450 e. The van der Waals surface area contributed by atoms with Crippen LogP contribution in [-0.2, 0) is 0 Å². The Kier molecular flexibility index (Phi) is 1.84. The van der Waals surface area contributed by atoms with Crippen molar-refractivity contribution in [1.29, 1.82) is 0 Å². The minimum Gasteiger partial charge on any atom is -0.327 e. The molecule has 0 aliphatic heterocycles. The second kappa shape index (κ2) is 2.49. The molecular weight excluding hydrogens is 169 g/mol. The van der Waals surface area contributed by atoms with Crippen LogP contribution < -0.4 is 0 Å². The van der Waals surface area contributed by atoms with Gasteiger partial charge in [0.25, 0.3) is 5.22 Å². The molecule has 1 rings (SSSR count). The van der Waals surface area contributed by atoms with E-state index in [4.69, 9.17) is 0 Å². The fourth-order valence-corrected chi connectivity index (χ4v) is 0.685. The lowest BCUT2D eigenvalue weighted by Gasteiger charge is -1.97. The molecule has 0 aliphatic carbocycles. The minimum atomic E-state index is -4.35. The van der Waals surface area contributed by atoms with Gasteiger partial charge in [0.15, 0.2) is 6.33 Å². The molecule has 0 fully saturated rings. The Labute approximate surface area is 57.6 Å². The van der Waals surface area contributed by atoms with Crippen LogP contribution in [0.25, 0.3) is 0 Å². The number of rotatable bonds is 1. The quantitative estimate of drug-likeness (QED) is 0.601. The summed E-state index contributed by atoms with van der Waals surface area (Å²) in [5.74, 6) is 0. The first-order valence-corrected chi connectivity index (χ1v) is 2.92. The molecule has 0 aliphatic rings. The highest BCUT2D eigenvalue weighted by Gasteiger charge is 2.32. The smallest absolute Gasteiger partial charge is 0.327 e. The Hall–Kier alpha value is -0.720. The molecular formula is C3HF3N2OS. The van der Waals surface area contributed by atoms with Crippen molar-refractivity contribution in [2.45, 2.75) is 10.7 Å². The minimum absolute atomic E-state index is 0.433. The van der Waals surface area contributed by atoms with Crippen LogP contribution in [0.15, 0.2) is 16.1 Å². The summed E-state index contributed by atoms with van der Waals surface area (Å²) in [7, 11) is 0. The Morgan fingerprint density at radius 2 is 2.20 bits per heavy atom. The van der Waals surface area contributed by atoms with Crippen molar-refractivity contribution >= 4 is 11.8 Å². The molecule has 0 amide bonds. The summed E-state index contributed by atoms with van der Waals surface area (Å²) in [6, 6.07) is 0. The average Bonchev–Trinajstić information content (AvgIpc) is 2.12. The van der Waals surface area contributed by atoms with Crippen molar-refractivity contribution < 1.29 is 17.7 Å². The lowest BCUT2D eigenvalue weighted by atomic mass is 11.3. The van der Waals surface area contributed by atoms with Crippen LogP contribution in [0.5, 0.6) is 0 Å². The van der Waals surface area contributed by atoms with Crippen LogP contribution in [0.4, 0.5) is 13.2 Å². The second-order valence-corrected chi connectivity index (χ2v) is 2.27. The molecule has 0 atom stereocenters. The third kappa shape index (κ3) is 2.26. The van der Waals surface area contributed by atoms with Crippen LogP contribution in [0.2, 0.25) is 0 Å². The number of hydrogen-bond acceptors (Lipinski definition) is 4. The van der Waals surface area contributed by atoms with Gasteiger partial charge in [-0.05, 0) is 0 Å². The van der Waals surface area contributed by atoms with E-state index in [1.54, 1.807) is 0 Å². The molecule has 0 aromatic carbocycles. The molecule has 0 bridgehead atoms. The number of thioether (sulfide) groups is 1. The van der Waals surface area contributed by atoms with Crippen molar-refractivity contribution in [2.24, 2.45) is 0 Å². The van der Waals surface area contributed by atoms with E-state index in [2.05, 4.69) is 14.7 Å². The zero-order valence-corrected chi connectivity index (χ0v) is 5.24. The molecule has 56 valence electrons. The molecule has 1 aromatic rings. The fourth-order valence-electron chi connectivity index (χ4n) is 0.307. The first kappa shape index (κ1) is 7.39. The topological polar surface area (TPSA) is 38.9 Å². The van der Waals surface area contributed by atoms with E-state index < -0.39 is 22.5 Å². The first-order chi connectivity index (χ1) is 4.58. The highest BCUT2D eigenvalue weighted by molar-refractivity contribution is 7.99. The van der Waals surface area contributed by atoms with Gasteiger partial charge in [-0.1, -0.05) is 5.16 Å². The third-order valence-electron chi connectivity index (χ3n) is 0.544. The van der Waals surface area contributed by atoms with Crippen molar-refractivity contribution in [2.75, 3.05) is 0 Å². The SMILES string of the molecule is FC(F)(F)Sc1ncno1. The van der Waals surface area contributed by atoms with Gasteiger partial charge in [-0.25, -0.2) is 0 Å². The number of hydrogen-bond donors (Lipinski definition) is 0. The van der Waals surface area contributed by atoms with Crippen molar-refractivity contribution in [1.82, 2.24) is 10.1 Å². The summed E-state index contributed by atoms with van der Waals surface area (Å²) in [6.07, 6.45) is 0.911. The predicted molar refractivity (Wildman–Crippen MR) is 26.2 cm³/mol. The van der Waals surface area contributed by atoms with Gasteiger partial charge in [-0.2, -0.15) is 18.2 Å². The zero-order chi connectivity index (χ0) is 7.61. The van der Waals surface area contributed by atoms with Crippen LogP contribution in [0, 0.1) is 0 Å². The van der Waals surface area contributed by atoms with Gasteiger partial charge in [0.05, 0.1) is 0 Å². The average molecular weight is 170 g/mol. The van der Waals surface area contributed by atoms with Gasteiger partial charge >= 0.3 is 5.51 Å². The molecule has 0 unspecified atom stereocenters. The van der Waals surface area contributed by atoms with Crippen LogP contribution in [0.1, 0.15) is 0 Å². The van der Waals surface area contributed by atoms with E-state index in [1.165, 1.54) is 0 Å². The number of aromatic nitrogens is 2. The Bertz CT molecular complexity index is 196. The van der Waals surface area contributed by atoms with Gasteiger partial charge < -0.3 is 4.52 Å². The van der Waals surface area contributed by atoms with Crippen molar-refractivity contribution in [3.63, 3.8) is 0 Å². The molecule has 0 N–H and O–H groups in total. The maximum atomic E-state index is 11.5. The standard InChI is InChI=1S/C3HF3N2OS/c4-3(5,6)10-2-7-1-8-9-2/h1H. The molecule has 7 heteroatoms. The molecule has 0 radical (unpaired) electrons. The maximum Gasteiger partial charge on any atom is 0.450 e. The predicted octanol–water partition coefficient (Wildman–Crippen LogP) is 1.68. The monoisotopic (exact) mass is 170 g/mol. The van der Waals surface area contributed by atoms with Gasteiger partial charge in [0.2, 0.25) is 0 Å². The number of nitrogens with zero attached hydrogens (tertiary/aromatic N) is 2. The van der Waals surface area contributed by atoms with E-state index in [-0.39, 0.29) is 0 Å². The zero-order valence-electron chi connectivity index (χ0n) is 4.42. The number of halogens is 3. The van der Waals surface area contributed by atoms with Crippen LogP contribution >= 0.6 is 11.8 Å². The van der Waals surface area contributed by atoms with Crippen molar-refractivity contribution in [3.8, 4) is 0 Å². The molecule has 0 saturated heterocycles. The fraction of sp³-hybridized carbons (Fsp3) is 0.333.